The maximum absolute atomic E-state index is 15.5. The van der Waals surface area contributed by atoms with Crippen LogP contribution in [0.3, 0.4) is 0 Å². The second-order valence-corrected chi connectivity index (χ2v) is 9.40. The minimum Gasteiger partial charge on any atom is -0.493 e. The molecule has 0 fully saturated rings. The molecule has 0 saturated heterocycles. The topological polar surface area (TPSA) is 112 Å². The van der Waals surface area contributed by atoms with Crippen LogP contribution < -0.4 is 20.5 Å². The minimum atomic E-state index is -4.18. The van der Waals surface area contributed by atoms with Gasteiger partial charge in [-0.1, -0.05) is 0 Å². The number of aliphatic hydroxyl groups is 1. The molecular weight excluding hydrogens is 496 g/mol. The number of nitrogens with one attached hydrogen (secondary N) is 1. The van der Waals surface area contributed by atoms with Crippen molar-refractivity contribution in [1.29, 1.82) is 0 Å². The molecule has 2 atom stereocenters. The summed E-state index contributed by atoms with van der Waals surface area (Å²) in [7, 11) is 3.00. The van der Waals surface area contributed by atoms with Crippen molar-refractivity contribution in [3.8, 4) is 11.5 Å². The first kappa shape index (κ1) is 28.5. The van der Waals surface area contributed by atoms with Crippen LogP contribution in [-0.4, -0.2) is 66.0 Å². The molecule has 1 unspecified atom stereocenters. The summed E-state index contributed by atoms with van der Waals surface area (Å²) in [4.78, 5) is 8.74. The van der Waals surface area contributed by atoms with Crippen LogP contribution in [0.15, 0.2) is 35.6 Å². The average molecular weight is 529 g/mol. The Morgan fingerprint density at radius 1 is 1.16 bits per heavy atom. The van der Waals surface area contributed by atoms with Gasteiger partial charge < -0.3 is 30.4 Å². The van der Waals surface area contributed by atoms with Crippen LogP contribution in [0.2, 0.25) is 0 Å². The van der Waals surface area contributed by atoms with E-state index in [1.165, 1.54) is 21.1 Å². The molecule has 0 spiro atoms. The molecule has 3 rings (SSSR count). The molecule has 4 N–H and O–H groups in total. The lowest BCUT2D eigenvalue weighted by atomic mass is 9.77. The van der Waals surface area contributed by atoms with Gasteiger partial charge in [0.1, 0.15) is 29.8 Å². The van der Waals surface area contributed by atoms with Crippen LogP contribution in [-0.2, 0) is 4.74 Å². The van der Waals surface area contributed by atoms with Crippen LogP contribution in [0.4, 0.5) is 23.4 Å². The van der Waals surface area contributed by atoms with E-state index in [1.54, 1.807) is 19.1 Å². The summed E-state index contributed by atoms with van der Waals surface area (Å²) in [6.07, 6.45) is 1.56. The average Bonchev–Trinajstić information content (AvgIpc) is 2.79. The number of nitrogens with two attached hydrogens (primary N) is 1. The Morgan fingerprint density at radius 3 is 2.43 bits per heavy atom. The number of aromatic nitrogens is 2. The van der Waals surface area contributed by atoms with Gasteiger partial charge in [-0.15, -0.1) is 0 Å². The molecule has 2 aromatic rings. The molecule has 0 bridgehead atoms. The highest BCUT2D eigenvalue weighted by atomic mass is 19.3. The molecule has 1 heterocycles. The Morgan fingerprint density at radius 2 is 1.84 bits per heavy atom. The third-order valence-corrected chi connectivity index (χ3v) is 6.12. The minimum absolute atomic E-state index is 0.185. The molecule has 8 nitrogen and oxygen atoms in total. The van der Waals surface area contributed by atoms with Gasteiger partial charge in [-0.05, 0) is 45.9 Å². The number of nitrogens with zero attached hydrogens (tertiary/aromatic N) is 2. The Labute approximate surface area is 212 Å². The lowest BCUT2D eigenvalue weighted by Gasteiger charge is -2.41. The number of aryl methyl sites for hydroxylation is 1. The van der Waals surface area contributed by atoms with Crippen molar-refractivity contribution in [2.75, 3.05) is 32.8 Å². The number of halogens is 4. The van der Waals surface area contributed by atoms with Gasteiger partial charge in [0.2, 0.25) is 0 Å². The number of anilines is 1. The number of alkyl halides is 4. The summed E-state index contributed by atoms with van der Waals surface area (Å²) >= 11 is 0. The number of hydrogen-bond acceptors (Lipinski definition) is 8. The second-order valence-electron chi connectivity index (χ2n) is 9.40. The van der Waals surface area contributed by atoms with Crippen molar-refractivity contribution >= 4 is 16.7 Å². The molecule has 204 valence electrons. The molecule has 0 aliphatic heterocycles. The fourth-order valence-corrected chi connectivity index (χ4v) is 4.08. The smallest absolute Gasteiger partial charge is 0.287 e. The number of fused-ring (bicyclic) bond motifs is 1. The number of hydrogen-bond donors (Lipinski definition) is 3. The summed E-state index contributed by atoms with van der Waals surface area (Å²) in [5, 5.41) is 13.3. The molecular formula is C25H32F4N4O4. The van der Waals surface area contributed by atoms with Gasteiger partial charge >= 0.3 is 0 Å². The zero-order valence-corrected chi connectivity index (χ0v) is 21.5. The number of rotatable bonds is 10. The van der Waals surface area contributed by atoms with Gasteiger partial charge in [-0.2, -0.15) is 0 Å². The van der Waals surface area contributed by atoms with Crippen LogP contribution in [0.1, 0.15) is 26.6 Å². The predicted molar refractivity (Wildman–Crippen MR) is 131 cm³/mol. The van der Waals surface area contributed by atoms with E-state index < -0.39 is 35.0 Å². The molecule has 1 aliphatic carbocycles. The maximum atomic E-state index is 15.5. The van der Waals surface area contributed by atoms with Gasteiger partial charge in [0.05, 0.1) is 25.3 Å². The zero-order valence-electron chi connectivity index (χ0n) is 21.5. The fourth-order valence-electron chi connectivity index (χ4n) is 4.08. The van der Waals surface area contributed by atoms with E-state index in [-0.39, 0.29) is 18.1 Å². The van der Waals surface area contributed by atoms with Gasteiger partial charge in [0.15, 0.2) is 11.5 Å². The monoisotopic (exact) mass is 528 g/mol. The van der Waals surface area contributed by atoms with E-state index in [0.717, 1.165) is 19.9 Å². The van der Waals surface area contributed by atoms with Crippen LogP contribution in [0, 0.1) is 12.8 Å². The summed E-state index contributed by atoms with van der Waals surface area (Å²) in [5.74, 6) is -9.58. The van der Waals surface area contributed by atoms with Crippen LogP contribution in [0.5, 0.6) is 11.5 Å². The highest BCUT2D eigenvalue weighted by Gasteiger charge is 2.63. The highest BCUT2D eigenvalue weighted by Crippen LogP contribution is 2.50. The zero-order chi connectivity index (χ0) is 27.8. The van der Waals surface area contributed by atoms with Crippen molar-refractivity contribution in [3.05, 3.63) is 41.4 Å². The first-order valence-electron chi connectivity index (χ1n) is 11.6. The lowest BCUT2D eigenvalue weighted by Crippen LogP contribution is -2.56. The Kier molecular flexibility index (Phi) is 7.94. The molecule has 1 aromatic heterocycles. The Balaban J connectivity index is 2.03. The number of ether oxygens (including phenoxy) is 3. The van der Waals surface area contributed by atoms with E-state index in [1.807, 2.05) is 0 Å². The number of methoxy groups -OCH3 is 2. The quantitative estimate of drug-likeness (QED) is 0.311. The molecule has 0 saturated carbocycles. The van der Waals surface area contributed by atoms with Gasteiger partial charge in [-0.25, -0.2) is 27.5 Å². The molecule has 37 heavy (non-hydrogen) atoms. The first-order chi connectivity index (χ1) is 17.1. The molecule has 0 radical (unpaired) electrons. The van der Waals surface area contributed by atoms with E-state index in [2.05, 4.69) is 15.3 Å². The Bertz CT molecular complexity index is 1210. The van der Waals surface area contributed by atoms with Crippen molar-refractivity contribution in [2.45, 2.75) is 51.2 Å². The largest absolute Gasteiger partial charge is 0.493 e. The SMILES string of the molecule is COCCOc1cc2c(NC(C)C3=CC(N)=C[C@@H](C(F)(F)C(C)(C)O)C3(F)F)nc(C)nc2cc1OC. The standard InChI is InChI=1S/C25H32F4N4O4/c1-13(17-9-15(30)10-21(24(17,26)27)25(28,29)23(3,4)34)31-22-16-11-20(37-8-7-35-5)19(36-6)12-18(16)32-14(2)33-22/h9-13,21,34H,7-8,30H2,1-6H3,(H,31,32,33)/t13?,21-/m1/s1. The van der Waals surface area contributed by atoms with Crippen molar-refractivity contribution in [1.82, 2.24) is 9.97 Å². The third kappa shape index (κ3) is 5.59. The summed E-state index contributed by atoms with van der Waals surface area (Å²) in [6.45, 7) is 5.13. The maximum Gasteiger partial charge on any atom is 0.287 e. The summed E-state index contributed by atoms with van der Waals surface area (Å²) in [5.41, 5.74) is 2.58. The Hall–Kier alpha value is -3.12. The van der Waals surface area contributed by atoms with E-state index >= 15 is 8.78 Å². The van der Waals surface area contributed by atoms with E-state index in [4.69, 9.17) is 19.9 Å². The predicted octanol–water partition coefficient (Wildman–Crippen LogP) is 4.21. The highest BCUT2D eigenvalue weighted by molar-refractivity contribution is 5.92. The number of benzene rings is 1. The van der Waals surface area contributed by atoms with Crippen molar-refractivity contribution in [2.24, 2.45) is 11.7 Å². The second kappa shape index (κ2) is 10.3. The van der Waals surface area contributed by atoms with Gasteiger partial charge in [0.25, 0.3) is 11.8 Å². The normalized spacial score (nSPS) is 18.7. The lowest BCUT2D eigenvalue weighted by molar-refractivity contribution is -0.224. The van der Waals surface area contributed by atoms with Crippen molar-refractivity contribution < 1.29 is 36.9 Å². The molecule has 1 aromatic carbocycles. The molecule has 1 aliphatic rings. The van der Waals surface area contributed by atoms with E-state index in [0.29, 0.717) is 40.9 Å². The third-order valence-electron chi connectivity index (χ3n) is 6.12. The molecule has 12 heteroatoms. The van der Waals surface area contributed by atoms with Gasteiger partial charge in [0, 0.05) is 29.8 Å². The summed E-state index contributed by atoms with van der Waals surface area (Å²) in [6, 6.07) is 2.04. The molecule has 0 amide bonds. The van der Waals surface area contributed by atoms with E-state index in [9.17, 15) is 13.9 Å². The summed E-state index contributed by atoms with van der Waals surface area (Å²) < 4.78 is 77.0. The first-order valence-corrected chi connectivity index (χ1v) is 11.6. The number of allylic oxidation sites excluding steroid dienone is 2. The van der Waals surface area contributed by atoms with Crippen LogP contribution in [0.25, 0.3) is 10.9 Å². The van der Waals surface area contributed by atoms with Crippen molar-refractivity contribution in [3.63, 3.8) is 0 Å². The van der Waals surface area contributed by atoms with Gasteiger partial charge in [-0.3, -0.25) is 0 Å². The fraction of sp³-hybridized carbons (Fsp3) is 0.520. The van der Waals surface area contributed by atoms with Crippen LogP contribution >= 0.6 is 0 Å².